The van der Waals surface area contributed by atoms with E-state index in [0.717, 1.165) is 41.2 Å². The van der Waals surface area contributed by atoms with E-state index in [2.05, 4.69) is 54.6 Å². The highest BCUT2D eigenvalue weighted by atomic mass is 19.1. The summed E-state index contributed by atoms with van der Waals surface area (Å²) in [6.07, 6.45) is 4.22. The molecule has 2 aliphatic rings. The lowest BCUT2D eigenvalue weighted by Crippen LogP contribution is -2.55. The van der Waals surface area contributed by atoms with Crippen LogP contribution in [-0.4, -0.2) is 71.6 Å². The van der Waals surface area contributed by atoms with Crippen molar-refractivity contribution in [2.45, 2.75) is 70.2 Å². The molecule has 3 atom stereocenters. The minimum atomic E-state index is -1.32. The minimum absolute atomic E-state index is 0.0190. The second kappa shape index (κ2) is 10.8. The Bertz CT molecular complexity index is 1500. The van der Waals surface area contributed by atoms with Crippen molar-refractivity contribution in [3.05, 3.63) is 46.0 Å². The molecule has 0 radical (unpaired) electrons. The number of halogens is 2. The third kappa shape index (κ3) is 5.46. The number of aromatic nitrogens is 6. The Morgan fingerprint density at radius 3 is 2.83 bits per heavy atom. The normalized spacial score (nSPS) is 20.9. The van der Waals surface area contributed by atoms with E-state index in [9.17, 15) is 9.18 Å². The van der Waals surface area contributed by atoms with Crippen molar-refractivity contribution in [2.75, 3.05) is 23.8 Å². The minimum Gasteiger partial charge on any atom is -0.488 e. The van der Waals surface area contributed by atoms with Crippen LogP contribution in [0.2, 0.25) is 0 Å². The van der Waals surface area contributed by atoms with Crippen molar-refractivity contribution in [2.24, 2.45) is 7.05 Å². The molecule has 2 aromatic heterocycles. The molecule has 2 saturated heterocycles. The van der Waals surface area contributed by atoms with Crippen molar-refractivity contribution >= 4 is 23.1 Å². The molecule has 0 saturated carbocycles. The summed E-state index contributed by atoms with van der Waals surface area (Å²) in [4.78, 5) is 27.4. The van der Waals surface area contributed by atoms with Crippen molar-refractivity contribution in [3.63, 3.8) is 0 Å². The number of benzene rings is 1. The Morgan fingerprint density at radius 1 is 1.32 bits per heavy atom. The van der Waals surface area contributed by atoms with Gasteiger partial charge in [0.15, 0.2) is 5.82 Å². The third-order valence-corrected chi connectivity index (χ3v) is 7.40. The summed E-state index contributed by atoms with van der Waals surface area (Å²) in [6.45, 7) is 14.1. The number of nitrogens with zero attached hydrogens (tertiary/aromatic N) is 8. The molecule has 5 rings (SSSR count). The monoisotopic (exact) mass is 554 g/mol. The molecule has 2 N–H and O–H groups in total. The van der Waals surface area contributed by atoms with Crippen LogP contribution in [0.25, 0.3) is 10.5 Å². The summed E-state index contributed by atoms with van der Waals surface area (Å²) in [7, 11) is 1.41. The van der Waals surface area contributed by atoms with Crippen LogP contribution in [0.3, 0.4) is 0 Å². The fourth-order valence-electron chi connectivity index (χ4n) is 5.65. The Balaban J connectivity index is 1.44. The molecule has 4 heterocycles. The average molecular weight is 555 g/mol. The molecule has 0 aliphatic carbocycles. The molecular formula is C26H32F2N10O2. The highest BCUT2D eigenvalue weighted by molar-refractivity contribution is 5.69. The van der Waals surface area contributed by atoms with Gasteiger partial charge in [-0.15, -0.1) is 0 Å². The van der Waals surface area contributed by atoms with Gasteiger partial charge >= 0.3 is 5.69 Å². The van der Waals surface area contributed by atoms with E-state index in [1.807, 2.05) is 0 Å². The SMILES string of the molecule is [C-]#[N+]c1cnc(Nc2cc(-n3nnn(C)c3=O)c(OC[C@H](C)F)cc2F)nc1N[C@@H]1C[C@@H]2CCCN2C(C)(C)C1. The Hall–Kier alpha value is -4.12. The zero-order chi connectivity index (χ0) is 28.6. The van der Waals surface area contributed by atoms with Crippen LogP contribution >= 0.6 is 0 Å². The molecule has 2 aliphatic heterocycles. The number of ether oxygens (including phenoxy) is 1. The summed E-state index contributed by atoms with van der Waals surface area (Å²) in [5.74, 6) is -0.412. The molecule has 0 amide bonds. The molecular weight excluding hydrogens is 522 g/mol. The molecule has 212 valence electrons. The van der Waals surface area contributed by atoms with Crippen molar-refractivity contribution in [1.29, 1.82) is 0 Å². The number of piperidine rings is 1. The molecule has 0 bridgehead atoms. The van der Waals surface area contributed by atoms with Crippen LogP contribution in [0, 0.1) is 12.4 Å². The van der Waals surface area contributed by atoms with E-state index >= 15 is 4.39 Å². The fourth-order valence-corrected chi connectivity index (χ4v) is 5.65. The van der Waals surface area contributed by atoms with Gasteiger partial charge in [-0.05, 0) is 69.5 Å². The van der Waals surface area contributed by atoms with E-state index in [-0.39, 0.29) is 46.9 Å². The lowest BCUT2D eigenvalue weighted by Gasteiger charge is -2.48. The number of fused-ring (bicyclic) bond motifs is 1. The zero-order valence-electron chi connectivity index (χ0n) is 22.9. The number of hydrogen-bond acceptors (Lipinski definition) is 9. The van der Waals surface area contributed by atoms with Gasteiger partial charge in [0, 0.05) is 36.9 Å². The smallest absolute Gasteiger partial charge is 0.368 e. The van der Waals surface area contributed by atoms with Crippen molar-refractivity contribution < 1.29 is 13.5 Å². The summed E-state index contributed by atoms with van der Waals surface area (Å²) in [6, 6.07) is 2.92. The molecule has 14 heteroatoms. The van der Waals surface area contributed by atoms with E-state index in [1.165, 1.54) is 32.7 Å². The first-order valence-corrected chi connectivity index (χ1v) is 13.2. The topological polar surface area (TPSA) is 119 Å². The summed E-state index contributed by atoms with van der Waals surface area (Å²) in [5.41, 5.74) is -0.338. The van der Waals surface area contributed by atoms with Crippen LogP contribution in [0.15, 0.2) is 23.1 Å². The first kappa shape index (κ1) is 27.4. The van der Waals surface area contributed by atoms with Crippen LogP contribution in [0.4, 0.5) is 31.9 Å². The Kier molecular flexibility index (Phi) is 7.41. The predicted octanol–water partition coefficient (Wildman–Crippen LogP) is 3.74. The number of rotatable bonds is 8. The molecule has 1 aromatic carbocycles. The second-order valence-corrected chi connectivity index (χ2v) is 10.9. The molecule has 12 nitrogen and oxygen atoms in total. The van der Waals surface area contributed by atoms with Gasteiger partial charge < -0.3 is 15.4 Å². The van der Waals surface area contributed by atoms with Gasteiger partial charge in [-0.3, -0.25) is 4.90 Å². The number of alkyl halides is 1. The summed E-state index contributed by atoms with van der Waals surface area (Å²) < 4.78 is 36.0. The van der Waals surface area contributed by atoms with Crippen LogP contribution in [0.5, 0.6) is 5.75 Å². The van der Waals surface area contributed by atoms with E-state index in [0.29, 0.717) is 11.9 Å². The van der Waals surface area contributed by atoms with Gasteiger partial charge in [0.25, 0.3) is 0 Å². The lowest BCUT2D eigenvalue weighted by molar-refractivity contribution is 0.0501. The molecule has 2 fully saturated rings. The van der Waals surface area contributed by atoms with E-state index in [1.54, 1.807) is 0 Å². The van der Waals surface area contributed by atoms with Gasteiger partial charge in [-0.2, -0.15) is 9.36 Å². The van der Waals surface area contributed by atoms with Crippen LogP contribution < -0.4 is 21.1 Å². The van der Waals surface area contributed by atoms with Crippen molar-refractivity contribution in [1.82, 2.24) is 34.7 Å². The van der Waals surface area contributed by atoms with Gasteiger partial charge in [0.1, 0.15) is 30.0 Å². The molecule has 0 spiro atoms. The summed E-state index contributed by atoms with van der Waals surface area (Å²) >= 11 is 0. The van der Waals surface area contributed by atoms with Crippen LogP contribution in [0.1, 0.15) is 46.5 Å². The number of nitrogens with one attached hydrogen (secondary N) is 2. The molecule has 0 unspecified atom stereocenters. The third-order valence-electron chi connectivity index (χ3n) is 7.40. The molecule has 3 aromatic rings. The Labute approximate surface area is 230 Å². The second-order valence-electron chi connectivity index (χ2n) is 10.9. The standard InChI is InChI=1S/C26H32F2N10O2/c1-15(27)14-40-22-10-18(28)19(11-21(22)38-25(39)36(5)34-35-38)32-24-30-13-20(29-4)23(33-24)31-16-9-17-7-6-8-37(17)26(2,3)12-16/h10-11,13,15-17H,6-9,12,14H2,1-3,5H3,(H2,30,31,32,33)/t15-,16+,17-/m0/s1. The van der Waals surface area contributed by atoms with Gasteiger partial charge in [0.05, 0.1) is 12.3 Å². The van der Waals surface area contributed by atoms with Crippen molar-refractivity contribution in [3.8, 4) is 11.4 Å². The van der Waals surface area contributed by atoms with Gasteiger partial charge in [-0.25, -0.2) is 28.4 Å². The van der Waals surface area contributed by atoms with E-state index < -0.39 is 17.7 Å². The number of hydrogen-bond donors (Lipinski definition) is 2. The highest BCUT2D eigenvalue weighted by Crippen LogP contribution is 2.39. The predicted molar refractivity (Wildman–Crippen MR) is 145 cm³/mol. The first-order chi connectivity index (χ1) is 19.1. The largest absolute Gasteiger partial charge is 0.488 e. The number of anilines is 3. The lowest BCUT2D eigenvalue weighted by atomic mass is 9.84. The fraction of sp³-hybridized carbons (Fsp3) is 0.538. The summed E-state index contributed by atoms with van der Waals surface area (Å²) in [5, 5.41) is 13.8. The molecule has 40 heavy (non-hydrogen) atoms. The van der Waals surface area contributed by atoms with Gasteiger partial charge in [0.2, 0.25) is 11.6 Å². The quantitative estimate of drug-likeness (QED) is 0.401. The zero-order valence-corrected chi connectivity index (χ0v) is 22.9. The number of tetrazole rings is 1. The van der Waals surface area contributed by atoms with Gasteiger partial charge in [-0.1, -0.05) is 0 Å². The van der Waals surface area contributed by atoms with E-state index in [4.69, 9.17) is 11.3 Å². The first-order valence-electron chi connectivity index (χ1n) is 13.2. The maximum absolute atomic E-state index is 15.2. The van der Waals surface area contributed by atoms with Crippen LogP contribution in [-0.2, 0) is 7.05 Å². The number of aryl methyl sites for hydroxylation is 1. The Morgan fingerprint density at radius 2 is 2.12 bits per heavy atom. The maximum atomic E-state index is 15.2. The average Bonchev–Trinajstić information content (AvgIpc) is 3.51. The maximum Gasteiger partial charge on any atom is 0.368 e. The highest BCUT2D eigenvalue weighted by Gasteiger charge is 2.43.